The number of hydrogen-bond acceptors (Lipinski definition) is 3. The van der Waals surface area contributed by atoms with E-state index in [-0.39, 0.29) is 11.3 Å². The first-order valence-corrected chi connectivity index (χ1v) is 5.69. The molecule has 0 saturated carbocycles. The summed E-state index contributed by atoms with van der Waals surface area (Å²) in [7, 11) is 0. The van der Waals surface area contributed by atoms with E-state index in [0.717, 1.165) is 0 Å². The summed E-state index contributed by atoms with van der Waals surface area (Å²) in [6.07, 6.45) is 1.17. The maximum absolute atomic E-state index is 10.7. The van der Waals surface area contributed by atoms with Gasteiger partial charge in [0, 0.05) is 11.6 Å². The predicted molar refractivity (Wildman–Crippen MR) is 70.4 cm³/mol. The number of carboxylic acids is 1. The first kappa shape index (κ1) is 12.9. The van der Waals surface area contributed by atoms with Gasteiger partial charge in [-0.3, -0.25) is 0 Å². The lowest BCUT2D eigenvalue weighted by Crippen LogP contribution is -1.96. The van der Waals surface area contributed by atoms with Crippen molar-refractivity contribution in [1.29, 1.82) is 5.26 Å². The third-order valence-corrected chi connectivity index (χ3v) is 2.73. The van der Waals surface area contributed by atoms with Gasteiger partial charge in [0.05, 0.1) is 5.02 Å². The number of nitriles is 1. The lowest BCUT2D eigenvalue weighted by molar-refractivity contribution is -0.132. The molecule has 2 rings (SSSR count). The average Bonchev–Trinajstić information content (AvgIpc) is 2.84. The smallest absolute Gasteiger partial charge is 0.346 e. The second-order valence-corrected chi connectivity index (χ2v) is 4.06. The van der Waals surface area contributed by atoms with Crippen LogP contribution in [-0.2, 0) is 4.79 Å². The fraction of sp³-hybridized carbons (Fsp3) is 0. The molecule has 0 atom stereocenters. The third-order valence-electron chi connectivity index (χ3n) is 2.40. The number of nitrogens with zero attached hydrogens (tertiary/aromatic N) is 1. The molecule has 0 saturated heterocycles. The van der Waals surface area contributed by atoms with Crippen LogP contribution in [0.5, 0.6) is 0 Å². The number of halogens is 1. The van der Waals surface area contributed by atoms with Crippen LogP contribution in [0.15, 0.2) is 46.4 Å². The highest BCUT2D eigenvalue weighted by Gasteiger charge is 2.10. The second kappa shape index (κ2) is 5.42. The van der Waals surface area contributed by atoms with Gasteiger partial charge in [-0.25, -0.2) is 4.79 Å². The minimum absolute atomic E-state index is 0.286. The Balaban J connectivity index is 2.38. The van der Waals surface area contributed by atoms with Gasteiger partial charge in [0.25, 0.3) is 0 Å². The summed E-state index contributed by atoms with van der Waals surface area (Å²) in [6.45, 7) is 0. The number of aliphatic carboxylic acids is 1. The van der Waals surface area contributed by atoms with Crippen molar-refractivity contribution in [2.45, 2.75) is 0 Å². The van der Waals surface area contributed by atoms with Crippen molar-refractivity contribution in [3.63, 3.8) is 0 Å². The topological polar surface area (TPSA) is 74.2 Å². The van der Waals surface area contributed by atoms with Gasteiger partial charge in [-0.05, 0) is 24.3 Å². The van der Waals surface area contributed by atoms with Gasteiger partial charge < -0.3 is 9.52 Å². The molecule has 2 aromatic rings. The van der Waals surface area contributed by atoms with Crippen molar-refractivity contribution in [2.75, 3.05) is 0 Å². The molecule has 0 radical (unpaired) electrons. The van der Waals surface area contributed by atoms with Crippen molar-refractivity contribution in [3.05, 3.63) is 52.8 Å². The van der Waals surface area contributed by atoms with E-state index in [4.69, 9.17) is 26.4 Å². The number of benzene rings is 1. The molecular formula is C14H8ClNO3. The zero-order chi connectivity index (χ0) is 13.8. The Morgan fingerprint density at radius 3 is 2.68 bits per heavy atom. The van der Waals surface area contributed by atoms with E-state index in [1.165, 1.54) is 6.08 Å². The molecule has 0 aliphatic heterocycles. The molecule has 4 nitrogen and oxygen atoms in total. The van der Waals surface area contributed by atoms with E-state index in [2.05, 4.69) is 0 Å². The van der Waals surface area contributed by atoms with E-state index in [9.17, 15) is 4.79 Å². The average molecular weight is 274 g/mol. The van der Waals surface area contributed by atoms with Gasteiger partial charge in [-0.15, -0.1) is 0 Å². The molecule has 0 amide bonds. The standard InChI is InChI=1S/C14H8ClNO3/c15-12-4-2-1-3-11(12)13-6-5-10(19-13)7-9(8-16)14(17)18/h1-7H,(H,17,18)/b9-7+. The Morgan fingerprint density at radius 1 is 1.32 bits per heavy atom. The zero-order valence-electron chi connectivity index (χ0n) is 9.63. The van der Waals surface area contributed by atoms with Gasteiger partial charge in [-0.2, -0.15) is 5.26 Å². The molecule has 0 unspecified atom stereocenters. The summed E-state index contributed by atoms with van der Waals surface area (Å²) >= 11 is 6.03. The molecule has 1 N–H and O–H groups in total. The van der Waals surface area contributed by atoms with Crippen LogP contribution in [0.25, 0.3) is 17.4 Å². The summed E-state index contributed by atoms with van der Waals surface area (Å²) in [4.78, 5) is 10.7. The van der Waals surface area contributed by atoms with Gasteiger partial charge in [0.15, 0.2) is 0 Å². The van der Waals surface area contributed by atoms with Crippen LogP contribution in [0, 0.1) is 11.3 Å². The lowest BCUT2D eigenvalue weighted by Gasteiger charge is -1.98. The lowest BCUT2D eigenvalue weighted by atomic mass is 10.2. The highest BCUT2D eigenvalue weighted by Crippen LogP contribution is 2.29. The highest BCUT2D eigenvalue weighted by molar-refractivity contribution is 6.33. The van der Waals surface area contributed by atoms with Gasteiger partial charge in [0.1, 0.15) is 23.2 Å². The maximum atomic E-state index is 10.7. The van der Waals surface area contributed by atoms with Crippen LogP contribution in [-0.4, -0.2) is 11.1 Å². The van der Waals surface area contributed by atoms with Gasteiger partial charge in [-0.1, -0.05) is 23.7 Å². The normalized spacial score (nSPS) is 11.1. The Morgan fingerprint density at radius 2 is 2.05 bits per heavy atom. The van der Waals surface area contributed by atoms with Crippen LogP contribution in [0.2, 0.25) is 5.02 Å². The van der Waals surface area contributed by atoms with Crippen molar-refractivity contribution >= 4 is 23.6 Å². The van der Waals surface area contributed by atoms with E-state index < -0.39 is 5.97 Å². The number of carboxylic acid groups (broad SMARTS) is 1. The van der Waals surface area contributed by atoms with E-state index in [1.807, 2.05) is 6.07 Å². The quantitative estimate of drug-likeness (QED) is 0.685. The highest BCUT2D eigenvalue weighted by atomic mass is 35.5. The Labute approximate surface area is 114 Å². The molecule has 0 aliphatic carbocycles. The number of carbonyl (C=O) groups is 1. The molecule has 0 spiro atoms. The van der Waals surface area contributed by atoms with E-state index in [0.29, 0.717) is 16.3 Å². The molecule has 0 fully saturated rings. The van der Waals surface area contributed by atoms with Crippen molar-refractivity contribution in [3.8, 4) is 17.4 Å². The molecule has 0 aliphatic rings. The van der Waals surface area contributed by atoms with Crippen LogP contribution in [0.4, 0.5) is 0 Å². The van der Waals surface area contributed by atoms with Gasteiger partial charge >= 0.3 is 5.97 Å². The summed E-state index contributed by atoms with van der Waals surface area (Å²) in [5.74, 6) is -0.494. The molecule has 5 heteroatoms. The molecule has 0 bridgehead atoms. The Bertz CT molecular complexity index is 695. The third kappa shape index (κ3) is 2.84. The summed E-state index contributed by atoms with van der Waals surface area (Å²) in [5, 5.41) is 17.9. The molecule has 19 heavy (non-hydrogen) atoms. The first-order valence-electron chi connectivity index (χ1n) is 5.31. The zero-order valence-corrected chi connectivity index (χ0v) is 10.4. The molecule has 1 aromatic heterocycles. The minimum atomic E-state index is -1.29. The van der Waals surface area contributed by atoms with Gasteiger partial charge in [0.2, 0.25) is 0 Å². The predicted octanol–water partition coefficient (Wildman–Crippen LogP) is 3.59. The van der Waals surface area contributed by atoms with E-state index >= 15 is 0 Å². The van der Waals surface area contributed by atoms with E-state index in [1.54, 1.807) is 36.4 Å². The van der Waals surface area contributed by atoms with Crippen LogP contribution in [0.3, 0.4) is 0 Å². The SMILES string of the molecule is N#C/C(=C\c1ccc(-c2ccccc2Cl)o1)C(=O)O. The number of hydrogen-bond donors (Lipinski definition) is 1. The van der Waals surface area contributed by atoms with Crippen LogP contribution in [0.1, 0.15) is 5.76 Å². The first-order chi connectivity index (χ1) is 9.11. The fourth-order valence-corrected chi connectivity index (χ4v) is 1.75. The monoisotopic (exact) mass is 273 g/mol. The van der Waals surface area contributed by atoms with Crippen LogP contribution < -0.4 is 0 Å². The number of rotatable bonds is 3. The van der Waals surface area contributed by atoms with Crippen molar-refractivity contribution in [2.24, 2.45) is 0 Å². The molecular weight excluding hydrogens is 266 g/mol. The Hall–Kier alpha value is -2.51. The molecule has 1 aromatic carbocycles. The summed E-state index contributed by atoms with van der Waals surface area (Å²) in [5.41, 5.74) is 0.317. The Kier molecular flexibility index (Phi) is 3.69. The van der Waals surface area contributed by atoms with Crippen molar-refractivity contribution in [1.82, 2.24) is 0 Å². The van der Waals surface area contributed by atoms with Crippen LogP contribution >= 0.6 is 11.6 Å². The second-order valence-electron chi connectivity index (χ2n) is 3.66. The fourth-order valence-electron chi connectivity index (χ4n) is 1.52. The number of furan rings is 1. The summed E-state index contributed by atoms with van der Waals surface area (Å²) in [6, 6.07) is 12.0. The molecule has 94 valence electrons. The maximum Gasteiger partial charge on any atom is 0.346 e. The minimum Gasteiger partial charge on any atom is -0.477 e. The largest absolute Gasteiger partial charge is 0.477 e. The molecule has 1 heterocycles. The summed E-state index contributed by atoms with van der Waals surface area (Å²) < 4.78 is 5.46. The van der Waals surface area contributed by atoms with Crippen molar-refractivity contribution < 1.29 is 14.3 Å².